The van der Waals surface area contributed by atoms with E-state index in [1.165, 1.54) is 0 Å². The van der Waals surface area contributed by atoms with E-state index in [4.69, 9.17) is 22.6 Å². The Morgan fingerprint density at radius 2 is 2.00 bits per heavy atom. The molecule has 1 atom stereocenters. The smallest absolute Gasteiger partial charge is 0.0641 e. The maximum absolute atomic E-state index is 8.40. The molecule has 0 aliphatic rings. The lowest BCUT2D eigenvalue weighted by atomic mass is 10.1. The summed E-state index contributed by atoms with van der Waals surface area (Å²) in [5.74, 6) is 0. The van der Waals surface area contributed by atoms with Gasteiger partial charge in [-0.3, -0.25) is 0 Å². The summed E-state index contributed by atoms with van der Waals surface area (Å²) in [7, 11) is 0. The summed E-state index contributed by atoms with van der Waals surface area (Å²) < 4.78 is 0. The lowest BCUT2D eigenvalue weighted by molar-refractivity contribution is 0.748. The Balaban J connectivity index is 2.76. The van der Waals surface area contributed by atoms with Crippen LogP contribution in [-0.2, 0) is 0 Å². The second kappa shape index (κ2) is 4.10. The standard InChI is InChI=1S/C9H9ClN2/c10-8-3-1-7(2-4-8)9(12)5-6-11/h1-4,9H,5,12H2/t9-/m0/s1. The normalized spacial score (nSPS) is 12.1. The molecule has 0 amide bonds. The van der Waals surface area contributed by atoms with Crippen LogP contribution in [0.2, 0.25) is 5.02 Å². The van der Waals surface area contributed by atoms with E-state index in [9.17, 15) is 0 Å². The van der Waals surface area contributed by atoms with E-state index in [1.54, 1.807) is 12.1 Å². The van der Waals surface area contributed by atoms with Crippen LogP contribution in [0, 0.1) is 11.3 Å². The van der Waals surface area contributed by atoms with Gasteiger partial charge in [0.25, 0.3) is 0 Å². The number of nitriles is 1. The summed E-state index contributed by atoms with van der Waals surface area (Å²) in [5, 5.41) is 9.08. The molecule has 0 radical (unpaired) electrons. The number of halogens is 1. The summed E-state index contributed by atoms with van der Waals surface area (Å²) >= 11 is 5.69. The number of hydrogen-bond donors (Lipinski definition) is 1. The third kappa shape index (κ3) is 2.23. The fourth-order valence-corrected chi connectivity index (χ4v) is 1.05. The van der Waals surface area contributed by atoms with Gasteiger partial charge in [-0.15, -0.1) is 0 Å². The van der Waals surface area contributed by atoms with Gasteiger partial charge < -0.3 is 5.73 Å². The van der Waals surface area contributed by atoms with Crippen molar-refractivity contribution in [2.45, 2.75) is 12.5 Å². The van der Waals surface area contributed by atoms with Crippen LogP contribution < -0.4 is 5.73 Å². The first-order valence-corrected chi connectivity index (χ1v) is 4.00. The van der Waals surface area contributed by atoms with Crippen molar-refractivity contribution in [1.82, 2.24) is 0 Å². The minimum atomic E-state index is -0.202. The number of nitrogens with zero attached hydrogens (tertiary/aromatic N) is 1. The van der Waals surface area contributed by atoms with Crippen LogP contribution in [0.3, 0.4) is 0 Å². The zero-order valence-electron chi connectivity index (χ0n) is 6.50. The molecule has 62 valence electrons. The van der Waals surface area contributed by atoms with Gasteiger partial charge in [0.2, 0.25) is 0 Å². The van der Waals surface area contributed by atoms with Crippen molar-refractivity contribution in [2.24, 2.45) is 5.73 Å². The fourth-order valence-electron chi connectivity index (χ4n) is 0.926. The molecule has 0 bridgehead atoms. The van der Waals surface area contributed by atoms with Crippen LogP contribution in [0.4, 0.5) is 0 Å². The van der Waals surface area contributed by atoms with Crippen molar-refractivity contribution >= 4 is 11.6 Å². The molecule has 0 spiro atoms. The molecule has 12 heavy (non-hydrogen) atoms. The van der Waals surface area contributed by atoms with Gasteiger partial charge in [-0.05, 0) is 17.7 Å². The number of hydrogen-bond acceptors (Lipinski definition) is 2. The zero-order valence-corrected chi connectivity index (χ0v) is 7.25. The Morgan fingerprint density at radius 1 is 1.42 bits per heavy atom. The monoisotopic (exact) mass is 180 g/mol. The highest BCUT2D eigenvalue weighted by molar-refractivity contribution is 6.30. The quantitative estimate of drug-likeness (QED) is 0.759. The van der Waals surface area contributed by atoms with E-state index in [1.807, 2.05) is 18.2 Å². The van der Waals surface area contributed by atoms with Gasteiger partial charge in [0, 0.05) is 11.1 Å². The molecule has 0 saturated heterocycles. The Morgan fingerprint density at radius 3 is 2.50 bits per heavy atom. The van der Waals surface area contributed by atoms with E-state index in [2.05, 4.69) is 0 Å². The van der Waals surface area contributed by atoms with Crippen molar-refractivity contribution in [3.63, 3.8) is 0 Å². The van der Waals surface area contributed by atoms with Crippen LogP contribution in [0.1, 0.15) is 18.0 Å². The van der Waals surface area contributed by atoms with Crippen LogP contribution in [0.5, 0.6) is 0 Å². The summed E-state index contributed by atoms with van der Waals surface area (Å²) in [4.78, 5) is 0. The summed E-state index contributed by atoms with van der Waals surface area (Å²) in [6, 6.07) is 9.04. The van der Waals surface area contributed by atoms with Crippen molar-refractivity contribution < 1.29 is 0 Å². The maximum Gasteiger partial charge on any atom is 0.0641 e. The van der Waals surface area contributed by atoms with Crippen molar-refractivity contribution in [1.29, 1.82) is 5.26 Å². The topological polar surface area (TPSA) is 49.8 Å². The molecular formula is C9H9ClN2. The van der Waals surface area contributed by atoms with E-state index in [0.717, 1.165) is 5.56 Å². The fraction of sp³-hybridized carbons (Fsp3) is 0.222. The van der Waals surface area contributed by atoms with Crippen LogP contribution >= 0.6 is 11.6 Å². The zero-order chi connectivity index (χ0) is 8.97. The second-order valence-corrected chi connectivity index (χ2v) is 2.96. The Bertz CT molecular complexity index is 286. The van der Waals surface area contributed by atoms with E-state index < -0.39 is 0 Å². The molecule has 2 N–H and O–H groups in total. The Kier molecular flexibility index (Phi) is 3.09. The molecule has 0 aliphatic heterocycles. The number of benzene rings is 1. The van der Waals surface area contributed by atoms with Crippen molar-refractivity contribution in [3.05, 3.63) is 34.9 Å². The van der Waals surface area contributed by atoms with Gasteiger partial charge >= 0.3 is 0 Å². The van der Waals surface area contributed by atoms with Gasteiger partial charge in [0.15, 0.2) is 0 Å². The second-order valence-electron chi connectivity index (χ2n) is 2.52. The highest BCUT2D eigenvalue weighted by atomic mass is 35.5. The first-order valence-electron chi connectivity index (χ1n) is 3.62. The van der Waals surface area contributed by atoms with Gasteiger partial charge in [0.05, 0.1) is 12.5 Å². The van der Waals surface area contributed by atoms with E-state index in [-0.39, 0.29) is 6.04 Å². The Hall–Kier alpha value is -1.04. The summed E-state index contributed by atoms with van der Waals surface area (Å²) in [6.45, 7) is 0. The molecular weight excluding hydrogens is 172 g/mol. The lowest BCUT2D eigenvalue weighted by Crippen LogP contribution is -2.08. The molecule has 2 nitrogen and oxygen atoms in total. The SMILES string of the molecule is N#CC[C@H](N)c1ccc(Cl)cc1. The number of rotatable bonds is 2. The van der Waals surface area contributed by atoms with E-state index in [0.29, 0.717) is 11.4 Å². The molecule has 1 rings (SSSR count). The van der Waals surface area contributed by atoms with E-state index >= 15 is 0 Å². The van der Waals surface area contributed by atoms with Gasteiger partial charge in [0.1, 0.15) is 0 Å². The first kappa shape index (κ1) is 9.05. The van der Waals surface area contributed by atoms with Crippen molar-refractivity contribution in [3.8, 4) is 6.07 Å². The van der Waals surface area contributed by atoms with Crippen LogP contribution in [0.15, 0.2) is 24.3 Å². The molecule has 0 fully saturated rings. The predicted octanol–water partition coefficient (Wildman–Crippen LogP) is 2.25. The highest BCUT2D eigenvalue weighted by Gasteiger charge is 2.03. The average molecular weight is 181 g/mol. The molecule has 3 heteroatoms. The summed E-state index contributed by atoms with van der Waals surface area (Å²) in [6.07, 6.45) is 0.335. The average Bonchev–Trinajstić information content (AvgIpc) is 2.06. The molecule has 0 aliphatic carbocycles. The lowest BCUT2D eigenvalue weighted by Gasteiger charge is -2.06. The largest absolute Gasteiger partial charge is 0.323 e. The Labute approximate surface area is 76.6 Å². The minimum absolute atomic E-state index is 0.202. The third-order valence-corrected chi connectivity index (χ3v) is 1.86. The van der Waals surface area contributed by atoms with Gasteiger partial charge in [-0.25, -0.2) is 0 Å². The van der Waals surface area contributed by atoms with Crippen molar-refractivity contribution in [2.75, 3.05) is 0 Å². The summed E-state index contributed by atoms with van der Waals surface area (Å²) in [5.41, 5.74) is 6.64. The van der Waals surface area contributed by atoms with Gasteiger partial charge in [-0.2, -0.15) is 5.26 Å². The third-order valence-electron chi connectivity index (χ3n) is 1.61. The van der Waals surface area contributed by atoms with Crippen LogP contribution in [-0.4, -0.2) is 0 Å². The molecule has 0 unspecified atom stereocenters. The van der Waals surface area contributed by atoms with Crippen LogP contribution in [0.25, 0.3) is 0 Å². The minimum Gasteiger partial charge on any atom is -0.323 e. The number of nitrogens with two attached hydrogens (primary N) is 1. The highest BCUT2D eigenvalue weighted by Crippen LogP contribution is 2.16. The molecule has 0 saturated carbocycles. The maximum atomic E-state index is 8.40. The van der Waals surface area contributed by atoms with Gasteiger partial charge in [-0.1, -0.05) is 23.7 Å². The molecule has 1 aromatic carbocycles. The molecule has 0 heterocycles. The first-order chi connectivity index (χ1) is 5.74. The molecule has 1 aromatic rings. The predicted molar refractivity (Wildman–Crippen MR) is 48.6 cm³/mol. The molecule has 0 aromatic heterocycles.